The zero-order valence-corrected chi connectivity index (χ0v) is 15.6. The number of hydrogen-bond donors (Lipinski definition) is 0. The number of benzene rings is 2. The predicted molar refractivity (Wildman–Crippen MR) is 104 cm³/mol. The van der Waals surface area contributed by atoms with Gasteiger partial charge in [0.25, 0.3) is 0 Å². The molecule has 4 heteroatoms. The summed E-state index contributed by atoms with van der Waals surface area (Å²) in [5.74, 6) is 2.77. The van der Waals surface area contributed by atoms with E-state index in [1.54, 1.807) is 7.11 Å². The van der Waals surface area contributed by atoms with Crippen molar-refractivity contribution in [1.29, 1.82) is 0 Å². The van der Waals surface area contributed by atoms with Gasteiger partial charge in [-0.15, -0.1) is 11.8 Å². The summed E-state index contributed by atoms with van der Waals surface area (Å²) in [6.07, 6.45) is 3.45. The minimum absolute atomic E-state index is 0.730. The van der Waals surface area contributed by atoms with Crippen LogP contribution in [-0.4, -0.2) is 33.6 Å². The minimum Gasteiger partial charge on any atom is -0.493 e. The van der Waals surface area contributed by atoms with Crippen molar-refractivity contribution in [3.63, 3.8) is 0 Å². The Morgan fingerprint density at radius 1 is 0.917 bits per heavy atom. The Kier molecular flexibility index (Phi) is 7.83. The second kappa shape index (κ2) is 10.1. The van der Waals surface area contributed by atoms with E-state index in [2.05, 4.69) is 35.2 Å². The molecule has 2 aromatic rings. The van der Waals surface area contributed by atoms with Crippen molar-refractivity contribution in [2.75, 3.05) is 38.5 Å². The van der Waals surface area contributed by atoms with Crippen LogP contribution in [0.5, 0.6) is 11.5 Å². The van der Waals surface area contributed by atoms with Gasteiger partial charge >= 0.3 is 0 Å². The first-order valence-electron chi connectivity index (χ1n) is 8.36. The molecule has 24 heavy (non-hydrogen) atoms. The van der Waals surface area contributed by atoms with Gasteiger partial charge in [0.1, 0.15) is 0 Å². The van der Waals surface area contributed by atoms with Crippen molar-refractivity contribution in [1.82, 2.24) is 0 Å². The molecule has 2 aromatic carbocycles. The summed E-state index contributed by atoms with van der Waals surface area (Å²) in [6, 6.07) is 16.6. The van der Waals surface area contributed by atoms with Gasteiger partial charge < -0.3 is 14.4 Å². The molecule has 0 aliphatic carbocycles. The Balaban J connectivity index is 1.65. The van der Waals surface area contributed by atoms with Crippen LogP contribution < -0.4 is 14.4 Å². The lowest BCUT2D eigenvalue weighted by Gasteiger charge is -2.16. The molecule has 2 rings (SSSR count). The van der Waals surface area contributed by atoms with Crippen molar-refractivity contribution in [3.8, 4) is 11.5 Å². The summed E-state index contributed by atoms with van der Waals surface area (Å²) in [5.41, 5.74) is 1.11. The lowest BCUT2D eigenvalue weighted by atomic mass is 10.2. The van der Waals surface area contributed by atoms with Crippen LogP contribution >= 0.6 is 11.8 Å². The topological polar surface area (TPSA) is 21.7 Å². The predicted octanol–water partition coefficient (Wildman–Crippen LogP) is 5.10. The van der Waals surface area contributed by atoms with Gasteiger partial charge in [0, 0.05) is 30.7 Å². The second-order valence-corrected chi connectivity index (χ2v) is 6.97. The molecular weight excluding hydrogens is 318 g/mol. The number of anilines is 1. The fourth-order valence-electron chi connectivity index (χ4n) is 2.32. The van der Waals surface area contributed by atoms with E-state index in [0.29, 0.717) is 0 Å². The first kappa shape index (κ1) is 18.5. The summed E-state index contributed by atoms with van der Waals surface area (Å²) in [5, 5.41) is 0. The molecule has 3 nitrogen and oxygen atoms in total. The third-order valence-electron chi connectivity index (χ3n) is 3.72. The van der Waals surface area contributed by atoms with Gasteiger partial charge in [0.05, 0.1) is 13.7 Å². The largest absolute Gasteiger partial charge is 0.493 e. The molecule has 0 spiro atoms. The fourth-order valence-corrected chi connectivity index (χ4v) is 3.26. The maximum absolute atomic E-state index is 5.88. The summed E-state index contributed by atoms with van der Waals surface area (Å²) >= 11 is 1.92. The van der Waals surface area contributed by atoms with Gasteiger partial charge in [-0.3, -0.25) is 0 Å². The molecule has 0 aliphatic rings. The van der Waals surface area contributed by atoms with Crippen molar-refractivity contribution in [2.24, 2.45) is 0 Å². The van der Waals surface area contributed by atoms with E-state index in [4.69, 9.17) is 9.47 Å². The molecule has 0 atom stereocenters. The standard InChI is InChI=1S/C20H27NO2S/c1-21(2)17-12-13-19(20(16-17)22-3)23-14-8-5-9-15-24-18-10-6-4-7-11-18/h4,6-7,10-13,16H,5,8-9,14-15H2,1-3H3. The van der Waals surface area contributed by atoms with Gasteiger partial charge in [-0.05, 0) is 49.3 Å². The molecule has 0 unspecified atom stereocenters. The maximum Gasteiger partial charge on any atom is 0.162 e. The van der Waals surface area contributed by atoms with Crippen molar-refractivity contribution in [2.45, 2.75) is 24.2 Å². The molecule has 0 aromatic heterocycles. The summed E-state index contributed by atoms with van der Waals surface area (Å²) < 4.78 is 11.3. The van der Waals surface area contributed by atoms with Crippen LogP contribution in [0.15, 0.2) is 53.4 Å². The lowest BCUT2D eigenvalue weighted by molar-refractivity contribution is 0.286. The second-order valence-electron chi connectivity index (χ2n) is 5.80. The van der Waals surface area contributed by atoms with E-state index in [-0.39, 0.29) is 0 Å². The zero-order chi connectivity index (χ0) is 17.2. The summed E-state index contributed by atoms with van der Waals surface area (Å²) in [6.45, 7) is 0.730. The Morgan fingerprint density at radius 2 is 1.71 bits per heavy atom. The van der Waals surface area contributed by atoms with Crippen LogP contribution in [0.4, 0.5) is 5.69 Å². The molecule has 0 radical (unpaired) electrons. The molecule has 0 N–H and O–H groups in total. The first-order chi connectivity index (χ1) is 11.7. The number of ether oxygens (including phenoxy) is 2. The quantitative estimate of drug-likeness (QED) is 0.441. The normalized spacial score (nSPS) is 10.5. The highest BCUT2D eigenvalue weighted by Gasteiger charge is 2.06. The van der Waals surface area contributed by atoms with Crippen LogP contribution in [0.1, 0.15) is 19.3 Å². The molecule has 0 fully saturated rings. The maximum atomic E-state index is 5.88. The average Bonchev–Trinajstić information content (AvgIpc) is 2.61. The van der Waals surface area contributed by atoms with Crippen LogP contribution in [0.3, 0.4) is 0 Å². The van der Waals surface area contributed by atoms with Gasteiger partial charge in [0.15, 0.2) is 11.5 Å². The Labute approximate surface area is 150 Å². The molecule has 0 bridgehead atoms. The third-order valence-corrected chi connectivity index (χ3v) is 4.82. The molecule has 130 valence electrons. The summed E-state index contributed by atoms with van der Waals surface area (Å²) in [7, 11) is 5.72. The molecule has 0 saturated carbocycles. The Hall–Kier alpha value is -1.81. The van der Waals surface area contributed by atoms with E-state index >= 15 is 0 Å². The van der Waals surface area contributed by atoms with Crippen molar-refractivity contribution in [3.05, 3.63) is 48.5 Å². The number of unbranched alkanes of at least 4 members (excludes halogenated alkanes) is 2. The SMILES string of the molecule is COc1cc(N(C)C)ccc1OCCCCCSc1ccccc1. The fraction of sp³-hybridized carbons (Fsp3) is 0.400. The van der Waals surface area contributed by atoms with E-state index < -0.39 is 0 Å². The highest BCUT2D eigenvalue weighted by molar-refractivity contribution is 7.99. The number of nitrogens with zero attached hydrogens (tertiary/aromatic N) is 1. The first-order valence-corrected chi connectivity index (χ1v) is 9.35. The average molecular weight is 346 g/mol. The van der Waals surface area contributed by atoms with E-state index in [9.17, 15) is 0 Å². The lowest BCUT2D eigenvalue weighted by Crippen LogP contribution is -2.09. The smallest absolute Gasteiger partial charge is 0.162 e. The third kappa shape index (κ3) is 6.00. The van der Waals surface area contributed by atoms with Gasteiger partial charge in [-0.2, -0.15) is 0 Å². The van der Waals surface area contributed by atoms with E-state index in [1.807, 2.05) is 44.1 Å². The van der Waals surface area contributed by atoms with Crippen molar-refractivity contribution >= 4 is 17.4 Å². The summed E-state index contributed by atoms with van der Waals surface area (Å²) in [4.78, 5) is 3.40. The Bertz CT molecular complexity index is 602. The highest BCUT2D eigenvalue weighted by Crippen LogP contribution is 2.31. The molecule has 0 aliphatic heterocycles. The van der Waals surface area contributed by atoms with Crippen LogP contribution in [0.2, 0.25) is 0 Å². The Morgan fingerprint density at radius 3 is 2.42 bits per heavy atom. The molecule has 0 heterocycles. The van der Waals surface area contributed by atoms with Gasteiger partial charge in [-0.1, -0.05) is 18.2 Å². The van der Waals surface area contributed by atoms with E-state index in [0.717, 1.165) is 36.0 Å². The molecular formula is C20H27NO2S. The number of rotatable bonds is 10. The molecule has 0 amide bonds. The van der Waals surface area contributed by atoms with Crippen LogP contribution in [0, 0.1) is 0 Å². The van der Waals surface area contributed by atoms with Crippen LogP contribution in [0.25, 0.3) is 0 Å². The number of hydrogen-bond acceptors (Lipinski definition) is 4. The van der Waals surface area contributed by atoms with E-state index in [1.165, 1.54) is 17.7 Å². The zero-order valence-electron chi connectivity index (χ0n) is 14.8. The van der Waals surface area contributed by atoms with Crippen LogP contribution in [-0.2, 0) is 0 Å². The van der Waals surface area contributed by atoms with Gasteiger partial charge in [0.2, 0.25) is 0 Å². The highest BCUT2D eigenvalue weighted by atomic mass is 32.2. The van der Waals surface area contributed by atoms with Crippen molar-refractivity contribution < 1.29 is 9.47 Å². The number of methoxy groups -OCH3 is 1. The minimum atomic E-state index is 0.730. The van der Waals surface area contributed by atoms with Gasteiger partial charge in [-0.25, -0.2) is 0 Å². The number of thioether (sulfide) groups is 1. The molecule has 0 saturated heterocycles. The monoisotopic (exact) mass is 345 g/mol.